The minimum atomic E-state index is -0.773. The molecule has 9 heavy (non-hydrogen) atoms. The lowest BCUT2D eigenvalue weighted by Gasteiger charge is -2.04. The van der Waals surface area contributed by atoms with Gasteiger partial charge in [0.2, 0.25) is 0 Å². The standard InChI is InChI=1S/C5H10NO3/c1-3-8-5(7)4(2)9-6/h4,6H,3H2,1-2H3. The number of ether oxygens (including phenoxy) is 1. The second-order valence-electron chi connectivity index (χ2n) is 1.51. The van der Waals surface area contributed by atoms with E-state index in [0.717, 1.165) is 0 Å². The molecular weight excluding hydrogens is 122 g/mol. The Morgan fingerprint density at radius 1 is 1.78 bits per heavy atom. The zero-order valence-corrected chi connectivity index (χ0v) is 5.51. The first-order valence-corrected chi connectivity index (χ1v) is 2.71. The van der Waals surface area contributed by atoms with Crippen LogP contribution in [0.5, 0.6) is 0 Å². The summed E-state index contributed by atoms with van der Waals surface area (Å²) >= 11 is 0. The third kappa shape index (κ3) is 3.05. The third-order valence-corrected chi connectivity index (χ3v) is 0.795. The van der Waals surface area contributed by atoms with Gasteiger partial charge < -0.3 is 4.74 Å². The summed E-state index contributed by atoms with van der Waals surface area (Å²) in [6.07, 6.45) is -0.773. The van der Waals surface area contributed by atoms with Gasteiger partial charge in [0, 0.05) is 0 Å². The van der Waals surface area contributed by atoms with Gasteiger partial charge >= 0.3 is 5.97 Å². The van der Waals surface area contributed by atoms with Crippen LogP contribution in [0, 0.1) is 0 Å². The number of carbonyl (C=O) groups is 1. The zero-order valence-electron chi connectivity index (χ0n) is 5.51. The minimum absolute atomic E-state index is 0.326. The highest BCUT2D eigenvalue weighted by atomic mass is 16.6. The van der Waals surface area contributed by atoms with Crippen LogP contribution in [-0.4, -0.2) is 18.7 Å². The highest BCUT2D eigenvalue weighted by Crippen LogP contribution is 1.89. The number of esters is 1. The Kier molecular flexibility index (Phi) is 4.00. The molecule has 0 aromatic heterocycles. The summed E-state index contributed by atoms with van der Waals surface area (Å²) in [5.41, 5.74) is 0. The molecule has 0 amide bonds. The zero-order chi connectivity index (χ0) is 7.28. The normalized spacial score (nSPS) is 12.8. The summed E-state index contributed by atoms with van der Waals surface area (Å²) in [5, 5.41) is 0. The first kappa shape index (κ1) is 8.39. The van der Waals surface area contributed by atoms with Crippen LogP contribution in [0.1, 0.15) is 13.8 Å². The summed E-state index contributed by atoms with van der Waals surface area (Å²) in [5.74, 6) is 5.82. The van der Waals surface area contributed by atoms with Crippen molar-refractivity contribution < 1.29 is 14.4 Å². The molecule has 0 rings (SSSR count). The van der Waals surface area contributed by atoms with Gasteiger partial charge in [-0.15, -0.1) is 5.90 Å². The van der Waals surface area contributed by atoms with Crippen molar-refractivity contribution in [1.29, 1.82) is 0 Å². The van der Waals surface area contributed by atoms with Crippen molar-refractivity contribution in [3.63, 3.8) is 0 Å². The fourth-order valence-electron chi connectivity index (χ4n) is 0.308. The average molecular weight is 132 g/mol. The molecule has 1 radical (unpaired) electrons. The van der Waals surface area contributed by atoms with E-state index >= 15 is 0 Å². The molecule has 0 aliphatic carbocycles. The van der Waals surface area contributed by atoms with E-state index < -0.39 is 12.1 Å². The summed E-state index contributed by atoms with van der Waals surface area (Å²) < 4.78 is 4.51. The SMILES string of the molecule is CCOC(=O)C(C)O[NH]. The van der Waals surface area contributed by atoms with E-state index in [4.69, 9.17) is 5.90 Å². The van der Waals surface area contributed by atoms with Gasteiger partial charge in [0.1, 0.15) is 0 Å². The fraction of sp³-hybridized carbons (Fsp3) is 0.800. The van der Waals surface area contributed by atoms with Crippen LogP contribution in [0.15, 0.2) is 0 Å². The monoisotopic (exact) mass is 132 g/mol. The fourth-order valence-corrected chi connectivity index (χ4v) is 0.308. The highest BCUT2D eigenvalue weighted by molar-refractivity contribution is 5.74. The smallest absolute Gasteiger partial charge is 0.337 e. The van der Waals surface area contributed by atoms with E-state index in [9.17, 15) is 4.79 Å². The molecule has 0 heterocycles. The molecule has 0 saturated heterocycles. The maximum Gasteiger partial charge on any atom is 0.337 e. The van der Waals surface area contributed by atoms with E-state index in [1.165, 1.54) is 6.92 Å². The molecule has 0 spiro atoms. The lowest BCUT2D eigenvalue weighted by atomic mass is 10.4. The number of nitrogens with one attached hydrogen (secondary N) is 1. The van der Waals surface area contributed by atoms with E-state index in [-0.39, 0.29) is 0 Å². The van der Waals surface area contributed by atoms with Crippen molar-refractivity contribution in [1.82, 2.24) is 5.90 Å². The Balaban J connectivity index is 3.46. The molecule has 0 fully saturated rings. The van der Waals surface area contributed by atoms with E-state index in [1.54, 1.807) is 6.92 Å². The first-order chi connectivity index (χ1) is 4.22. The first-order valence-electron chi connectivity index (χ1n) is 2.71. The third-order valence-electron chi connectivity index (χ3n) is 0.795. The summed E-state index contributed by atoms with van der Waals surface area (Å²) in [6.45, 7) is 3.49. The molecule has 4 heteroatoms. The molecule has 0 aliphatic rings. The predicted octanol–water partition coefficient (Wildman–Crippen LogP) is 0.152. The van der Waals surface area contributed by atoms with Crippen molar-refractivity contribution in [2.24, 2.45) is 0 Å². The maximum absolute atomic E-state index is 10.5. The van der Waals surface area contributed by atoms with Crippen molar-refractivity contribution in [3.05, 3.63) is 0 Å². The molecule has 0 saturated carbocycles. The van der Waals surface area contributed by atoms with Gasteiger partial charge in [0.15, 0.2) is 6.10 Å². The molecule has 0 aromatic carbocycles. The summed E-state index contributed by atoms with van der Waals surface area (Å²) in [4.78, 5) is 14.4. The van der Waals surface area contributed by atoms with Crippen LogP contribution >= 0.6 is 0 Å². The molecule has 1 unspecified atom stereocenters. The lowest BCUT2D eigenvalue weighted by molar-refractivity contribution is -0.156. The van der Waals surface area contributed by atoms with Crippen molar-refractivity contribution in [2.45, 2.75) is 20.0 Å². The van der Waals surface area contributed by atoms with E-state index in [2.05, 4.69) is 9.57 Å². The molecule has 4 nitrogen and oxygen atoms in total. The summed E-state index contributed by atoms with van der Waals surface area (Å²) in [7, 11) is 0. The van der Waals surface area contributed by atoms with Gasteiger partial charge in [-0.25, -0.2) is 4.79 Å². The maximum atomic E-state index is 10.5. The van der Waals surface area contributed by atoms with Gasteiger partial charge in [-0.05, 0) is 13.8 Å². The topological polar surface area (TPSA) is 59.3 Å². The van der Waals surface area contributed by atoms with Crippen LogP contribution in [0.25, 0.3) is 0 Å². The molecule has 0 aliphatic heterocycles. The van der Waals surface area contributed by atoms with Gasteiger partial charge in [0.25, 0.3) is 0 Å². The van der Waals surface area contributed by atoms with Gasteiger partial charge in [-0.2, -0.15) is 0 Å². The second kappa shape index (κ2) is 4.29. The summed E-state index contributed by atoms with van der Waals surface area (Å²) in [6, 6.07) is 0. The number of hydrogen-bond donors (Lipinski definition) is 0. The van der Waals surface area contributed by atoms with E-state index in [0.29, 0.717) is 6.61 Å². The number of carbonyl (C=O) groups excluding carboxylic acids is 1. The predicted molar refractivity (Wildman–Crippen MR) is 30.3 cm³/mol. The molecule has 1 N–H and O–H groups in total. The van der Waals surface area contributed by atoms with Gasteiger partial charge in [-0.3, -0.25) is 4.84 Å². The van der Waals surface area contributed by atoms with Gasteiger partial charge in [0.05, 0.1) is 6.61 Å². The van der Waals surface area contributed by atoms with Crippen molar-refractivity contribution >= 4 is 5.97 Å². The highest BCUT2D eigenvalue weighted by Gasteiger charge is 2.12. The molecule has 1 atom stereocenters. The Hall–Kier alpha value is -0.610. The van der Waals surface area contributed by atoms with Crippen LogP contribution in [0.3, 0.4) is 0 Å². The largest absolute Gasteiger partial charge is 0.464 e. The molecule has 0 aromatic rings. The van der Waals surface area contributed by atoms with Crippen LogP contribution in [0.4, 0.5) is 0 Å². The molecule has 0 bridgehead atoms. The quantitative estimate of drug-likeness (QED) is 0.405. The minimum Gasteiger partial charge on any atom is -0.464 e. The van der Waals surface area contributed by atoms with Crippen molar-refractivity contribution in [3.8, 4) is 0 Å². The Labute approximate surface area is 53.9 Å². The number of rotatable bonds is 3. The molecule has 53 valence electrons. The average Bonchev–Trinajstić information content (AvgIpc) is 1.87. The van der Waals surface area contributed by atoms with Crippen molar-refractivity contribution in [2.75, 3.05) is 6.61 Å². The van der Waals surface area contributed by atoms with Crippen LogP contribution in [-0.2, 0) is 14.4 Å². The molecular formula is C5H10NO3. The second-order valence-corrected chi connectivity index (χ2v) is 1.51. The van der Waals surface area contributed by atoms with Crippen LogP contribution < -0.4 is 5.90 Å². The van der Waals surface area contributed by atoms with Gasteiger partial charge in [-0.1, -0.05) is 0 Å². The Bertz CT molecular complexity index is 94.2. The number of hydrogen-bond acceptors (Lipinski definition) is 3. The van der Waals surface area contributed by atoms with E-state index in [1.807, 2.05) is 0 Å². The Morgan fingerprint density at radius 2 is 2.33 bits per heavy atom. The lowest BCUT2D eigenvalue weighted by Crippen LogP contribution is -2.22. The van der Waals surface area contributed by atoms with Crippen LogP contribution in [0.2, 0.25) is 0 Å². The Morgan fingerprint density at radius 3 is 2.67 bits per heavy atom.